The lowest BCUT2D eigenvalue weighted by atomic mass is 10.1. The van der Waals surface area contributed by atoms with E-state index in [9.17, 15) is 9.18 Å². The summed E-state index contributed by atoms with van der Waals surface area (Å²) in [4.78, 5) is 11.7. The first-order chi connectivity index (χ1) is 10.2. The average Bonchev–Trinajstić information content (AvgIpc) is 2.50. The number of hydrogen-bond acceptors (Lipinski definition) is 3. The van der Waals surface area contributed by atoms with Crippen molar-refractivity contribution in [2.45, 2.75) is 6.42 Å². The fourth-order valence-electron chi connectivity index (χ4n) is 1.70. The standard InChI is InChI=1S/C16H15FN2O2/c1-21-15-8-4-12(5-9-15)10-16(20)19-18-11-13-2-6-14(17)7-3-13/h2-9,11H,10H2,1H3,(H,19,20). The molecule has 0 spiro atoms. The number of halogens is 1. The minimum absolute atomic E-state index is 0.224. The van der Waals surface area contributed by atoms with Crippen molar-refractivity contribution >= 4 is 12.1 Å². The highest BCUT2D eigenvalue weighted by atomic mass is 19.1. The molecule has 0 saturated carbocycles. The Morgan fingerprint density at radius 2 is 1.86 bits per heavy atom. The van der Waals surface area contributed by atoms with Gasteiger partial charge in [-0.15, -0.1) is 0 Å². The number of ether oxygens (including phenoxy) is 1. The Morgan fingerprint density at radius 1 is 1.19 bits per heavy atom. The zero-order chi connectivity index (χ0) is 15.1. The molecule has 0 aliphatic rings. The van der Waals surface area contributed by atoms with Gasteiger partial charge in [0, 0.05) is 0 Å². The fourth-order valence-corrected chi connectivity index (χ4v) is 1.70. The third kappa shape index (κ3) is 4.72. The van der Waals surface area contributed by atoms with Gasteiger partial charge in [-0.3, -0.25) is 4.79 Å². The maximum atomic E-state index is 12.7. The highest BCUT2D eigenvalue weighted by molar-refractivity contribution is 5.83. The van der Waals surface area contributed by atoms with Crippen LogP contribution in [-0.4, -0.2) is 19.2 Å². The van der Waals surface area contributed by atoms with E-state index in [1.54, 1.807) is 31.4 Å². The molecule has 0 bridgehead atoms. The number of benzene rings is 2. The number of rotatable bonds is 5. The van der Waals surface area contributed by atoms with Gasteiger partial charge in [-0.05, 0) is 35.4 Å². The smallest absolute Gasteiger partial charge is 0.244 e. The molecule has 0 fully saturated rings. The molecule has 4 nitrogen and oxygen atoms in total. The van der Waals surface area contributed by atoms with Crippen molar-refractivity contribution in [3.8, 4) is 5.75 Å². The molecular formula is C16H15FN2O2. The van der Waals surface area contributed by atoms with Crippen molar-refractivity contribution in [2.24, 2.45) is 5.10 Å². The number of hydrogen-bond donors (Lipinski definition) is 1. The summed E-state index contributed by atoms with van der Waals surface area (Å²) < 4.78 is 17.8. The molecule has 0 saturated heterocycles. The van der Waals surface area contributed by atoms with E-state index in [-0.39, 0.29) is 18.1 Å². The van der Waals surface area contributed by atoms with Crippen molar-refractivity contribution in [3.05, 3.63) is 65.5 Å². The van der Waals surface area contributed by atoms with Crippen LogP contribution in [0.4, 0.5) is 4.39 Å². The molecule has 0 atom stereocenters. The molecule has 0 unspecified atom stereocenters. The number of nitrogens with zero attached hydrogens (tertiary/aromatic N) is 1. The molecular weight excluding hydrogens is 271 g/mol. The van der Waals surface area contributed by atoms with Crippen molar-refractivity contribution in [1.29, 1.82) is 0 Å². The molecule has 0 heterocycles. The molecule has 5 heteroatoms. The Labute approximate surface area is 122 Å². The van der Waals surface area contributed by atoms with E-state index in [0.29, 0.717) is 5.56 Å². The van der Waals surface area contributed by atoms with Crippen LogP contribution in [-0.2, 0) is 11.2 Å². The van der Waals surface area contributed by atoms with Gasteiger partial charge in [-0.1, -0.05) is 24.3 Å². The van der Waals surface area contributed by atoms with E-state index in [1.165, 1.54) is 18.3 Å². The van der Waals surface area contributed by atoms with Gasteiger partial charge in [0.25, 0.3) is 0 Å². The molecule has 1 N–H and O–H groups in total. The number of carbonyl (C=O) groups is 1. The molecule has 2 rings (SSSR count). The van der Waals surface area contributed by atoms with E-state index < -0.39 is 0 Å². The molecule has 1 amide bonds. The Balaban J connectivity index is 1.85. The largest absolute Gasteiger partial charge is 0.497 e. The number of nitrogens with one attached hydrogen (secondary N) is 1. The third-order valence-corrected chi connectivity index (χ3v) is 2.80. The predicted molar refractivity (Wildman–Crippen MR) is 78.8 cm³/mol. The summed E-state index contributed by atoms with van der Waals surface area (Å²) in [5, 5.41) is 3.83. The predicted octanol–water partition coefficient (Wildman–Crippen LogP) is 2.53. The van der Waals surface area contributed by atoms with Gasteiger partial charge in [-0.2, -0.15) is 5.10 Å². The third-order valence-electron chi connectivity index (χ3n) is 2.80. The second kappa shape index (κ2) is 7.19. The quantitative estimate of drug-likeness (QED) is 0.678. The summed E-state index contributed by atoms with van der Waals surface area (Å²) in [6.45, 7) is 0. The van der Waals surface area contributed by atoms with E-state index in [1.807, 2.05) is 12.1 Å². The molecule has 21 heavy (non-hydrogen) atoms. The zero-order valence-electron chi connectivity index (χ0n) is 11.5. The molecule has 2 aromatic carbocycles. The topological polar surface area (TPSA) is 50.7 Å². The van der Waals surface area contributed by atoms with Crippen LogP contribution in [0, 0.1) is 5.82 Å². The number of amides is 1. The molecule has 2 aromatic rings. The van der Waals surface area contributed by atoms with Crippen molar-refractivity contribution in [2.75, 3.05) is 7.11 Å². The Hall–Kier alpha value is -2.69. The van der Waals surface area contributed by atoms with Crippen molar-refractivity contribution in [1.82, 2.24) is 5.43 Å². The van der Waals surface area contributed by atoms with Gasteiger partial charge in [0.15, 0.2) is 0 Å². The molecule has 0 radical (unpaired) electrons. The van der Waals surface area contributed by atoms with Gasteiger partial charge in [0.2, 0.25) is 5.91 Å². The van der Waals surface area contributed by atoms with Crippen LogP contribution in [0.2, 0.25) is 0 Å². The Kier molecular flexibility index (Phi) is 5.04. The fraction of sp³-hybridized carbons (Fsp3) is 0.125. The summed E-state index contributed by atoms with van der Waals surface area (Å²) in [5.74, 6) is 0.211. The maximum Gasteiger partial charge on any atom is 0.244 e. The maximum absolute atomic E-state index is 12.7. The highest BCUT2D eigenvalue weighted by Crippen LogP contribution is 2.11. The minimum atomic E-state index is -0.310. The van der Waals surface area contributed by atoms with Crippen LogP contribution in [0.25, 0.3) is 0 Å². The summed E-state index contributed by atoms with van der Waals surface area (Å²) in [7, 11) is 1.59. The minimum Gasteiger partial charge on any atom is -0.497 e. The SMILES string of the molecule is COc1ccc(CC(=O)NN=Cc2ccc(F)cc2)cc1. The van der Waals surface area contributed by atoms with Gasteiger partial charge < -0.3 is 4.74 Å². The summed E-state index contributed by atoms with van der Waals surface area (Å²) in [5.41, 5.74) is 4.00. The zero-order valence-corrected chi connectivity index (χ0v) is 11.5. The lowest BCUT2D eigenvalue weighted by Crippen LogP contribution is -2.19. The van der Waals surface area contributed by atoms with Crippen LogP contribution >= 0.6 is 0 Å². The lowest BCUT2D eigenvalue weighted by molar-refractivity contribution is -0.120. The Bertz CT molecular complexity index is 622. The number of carbonyl (C=O) groups excluding carboxylic acids is 1. The van der Waals surface area contributed by atoms with Crippen LogP contribution in [0.15, 0.2) is 53.6 Å². The van der Waals surface area contributed by atoms with E-state index >= 15 is 0 Å². The van der Waals surface area contributed by atoms with Gasteiger partial charge in [0.1, 0.15) is 11.6 Å². The molecule has 108 valence electrons. The van der Waals surface area contributed by atoms with Crippen molar-refractivity contribution in [3.63, 3.8) is 0 Å². The number of methoxy groups -OCH3 is 1. The van der Waals surface area contributed by atoms with Gasteiger partial charge in [0.05, 0.1) is 19.7 Å². The van der Waals surface area contributed by atoms with Gasteiger partial charge in [-0.25, -0.2) is 9.82 Å². The van der Waals surface area contributed by atoms with Crippen LogP contribution in [0.1, 0.15) is 11.1 Å². The molecule has 0 aromatic heterocycles. The first-order valence-corrected chi connectivity index (χ1v) is 6.38. The first kappa shape index (κ1) is 14.7. The molecule has 0 aliphatic carbocycles. The summed E-state index contributed by atoms with van der Waals surface area (Å²) in [6, 6.07) is 13.1. The second-order valence-electron chi connectivity index (χ2n) is 4.37. The van der Waals surface area contributed by atoms with E-state index in [4.69, 9.17) is 4.74 Å². The normalized spacial score (nSPS) is 10.6. The lowest BCUT2D eigenvalue weighted by Gasteiger charge is -2.02. The monoisotopic (exact) mass is 286 g/mol. The average molecular weight is 286 g/mol. The summed E-state index contributed by atoms with van der Waals surface area (Å²) >= 11 is 0. The van der Waals surface area contributed by atoms with Gasteiger partial charge >= 0.3 is 0 Å². The van der Waals surface area contributed by atoms with Crippen molar-refractivity contribution < 1.29 is 13.9 Å². The number of hydrazone groups is 1. The van der Waals surface area contributed by atoms with Crippen LogP contribution in [0.5, 0.6) is 5.75 Å². The van der Waals surface area contributed by atoms with E-state index in [2.05, 4.69) is 10.5 Å². The Morgan fingerprint density at radius 3 is 2.48 bits per heavy atom. The highest BCUT2D eigenvalue weighted by Gasteiger charge is 2.02. The van der Waals surface area contributed by atoms with Crippen LogP contribution < -0.4 is 10.2 Å². The summed E-state index contributed by atoms with van der Waals surface area (Å²) in [6.07, 6.45) is 1.69. The van der Waals surface area contributed by atoms with Crippen LogP contribution in [0.3, 0.4) is 0 Å². The van der Waals surface area contributed by atoms with E-state index in [0.717, 1.165) is 11.3 Å². The first-order valence-electron chi connectivity index (χ1n) is 6.38. The molecule has 0 aliphatic heterocycles. The second-order valence-corrected chi connectivity index (χ2v) is 4.37.